The Labute approximate surface area is 596 Å². The Bertz CT molecular complexity index is 2100. The molecule has 0 amide bonds. The predicted octanol–water partition coefficient (Wildman–Crippen LogP) is 33.3. The lowest BCUT2D eigenvalue weighted by atomic mass is 9.89. The zero-order chi connectivity index (χ0) is 67.8. The van der Waals surface area contributed by atoms with Crippen molar-refractivity contribution in [3.05, 3.63) is 86.5 Å². The maximum atomic E-state index is 13.1. The molecular weight excluding hydrogens is 1150 g/mol. The Morgan fingerprint density at radius 2 is 0.326 bits per heavy atom. The van der Waals surface area contributed by atoms with Crippen LogP contribution in [-0.4, -0.2) is 4.70 Å². The summed E-state index contributed by atoms with van der Waals surface area (Å²) in [5.74, 6) is 0. The lowest BCUT2D eigenvalue weighted by molar-refractivity contribution is -0.345. The Kier molecular flexibility index (Phi) is 59.2. The highest BCUT2D eigenvalue weighted by Gasteiger charge is 2.36. The second-order valence-electron chi connectivity index (χ2n) is 31.4. The van der Waals surface area contributed by atoms with Gasteiger partial charge in [-0.05, 0) is 124 Å². The normalized spacial score (nSPS) is 12.7. The van der Waals surface area contributed by atoms with Crippen LogP contribution in [0.15, 0.2) is 47.5 Å². The largest absolute Gasteiger partial charge is 0.493 e. The van der Waals surface area contributed by atoms with Crippen molar-refractivity contribution in [1.82, 2.24) is 0 Å². The maximum Gasteiger partial charge on any atom is 0.211 e. The summed E-state index contributed by atoms with van der Waals surface area (Å²) < 4.78 is 1.75. The third-order valence-electron chi connectivity index (χ3n) is 22.1. The minimum atomic E-state index is 1.05. The minimum Gasteiger partial charge on any atom is -0.493 e. The van der Waals surface area contributed by atoms with Crippen molar-refractivity contribution in [3.63, 3.8) is 0 Å². The second kappa shape index (κ2) is 64.9. The molecule has 0 N–H and O–H groups in total. The third kappa shape index (κ3) is 45.8. The predicted molar refractivity (Wildman–Crippen MR) is 429 cm³/mol. The van der Waals surface area contributed by atoms with Gasteiger partial charge in [0.15, 0.2) is 0 Å². The van der Waals surface area contributed by atoms with Gasteiger partial charge in [-0.3, -0.25) is 0 Å². The SMILES string of the molecule is CCCCCCCCCCCCCCCCCCCCCCCCCCCCc1cc(CCCC)cc(C2=C(CCCCC)C(CCCCCCCC)=C(c3cc(CCCC)cc(CCCCCCCCCCCCCCCCCCCCCCCCCCCC)c3)[N+]2=[N-])c1. The van der Waals surface area contributed by atoms with E-state index in [4.69, 9.17) is 0 Å². The van der Waals surface area contributed by atoms with Gasteiger partial charge in [-0.1, -0.05) is 433 Å². The Morgan fingerprint density at radius 3 is 0.526 bits per heavy atom. The molecule has 0 atom stereocenters. The lowest BCUT2D eigenvalue weighted by Crippen LogP contribution is -2.05. The van der Waals surface area contributed by atoms with Gasteiger partial charge < -0.3 is 5.53 Å². The first-order valence-corrected chi connectivity index (χ1v) is 44.2. The van der Waals surface area contributed by atoms with E-state index in [9.17, 15) is 5.53 Å². The van der Waals surface area contributed by atoms with Gasteiger partial charge in [0, 0.05) is 22.3 Å². The minimum absolute atomic E-state index is 1.05. The molecule has 0 radical (unpaired) electrons. The van der Waals surface area contributed by atoms with Crippen molar-refractivity contribution in [2.75, 3.05) is 0 Å². The molecule has 3 rings (SSSR count). The molecule has 2 aromatic carbocycles. The maximum absolute atomic E-state index is 13.1. The molecule has 0 saturated carbocycles. The molecule has 0 saturated heterocycles. The molecule has 2 heteroatoms. The number of unbranched alkanes of at least 4 members (excludes halogenated alkanes) is 59. The number of rotatable bonds is 73. The van der Waals surface area contributed by atoms with Gasteiger partial charge >= 0.3 is 0 Å². The number of aryl methyl sites for hydroxylation is 4. The molecule has 2 nitrogen and oxygen atoms in total. The van der Waals surface area contributed by atoms with E-state index < -0.39 is 0 Å². The van der Waals surface area contributed by atoms with E-state index in [2.05, 4.69) is 77.9 Å². The van der Waals surface area contributed by atoms with Crippen molar-refractivity contribution in [1.29, 1.82) is 0 Å². The molecule has 1 heterocycles. The van der Waals surface area contributed by atoms with Gasteiger partial charge in [0.05, 0.1) is 0 Å². The van der Waals surface area contributed by atoms with Crippen LogP contribution in [0.5, 0.6) is 0 Å². The Balaban J connectivity index is 1.50. The lowest BCUT2D eigenvalue weighted by Gasteiger charge is -2.15. The number of hydrogen-bond donors (Lipinski definition) is 0. The molecule has 2 aromatic rings. The van der Waals surface area contributed by atoms with Crippen LogP contribution in [0, 0.1) is 0 Å². The van der Waals surface area contributed by atoms with Gasteiger partial charge in [-0.25, -0.2) is 4.70 Å². The van der Waals surface area contributed by atoms with E-state index in [-0.39, 0.29) is 0 Å². The molecular formula is C93H166N2. The zero-order valence-electron chi connectivity index (χ0n) is 65.6. The first-order chi connectivity index (χ1) is 47.0. The van der Waals surface area contributed by atoms with Gasteiger partial charge in [0.2, 0.25) is 11.4 Å². The highest BCUT2D eigenvalue weighted by atomic mass is 15.2. The molecule has 1 aliphatic rings. The fourth-order valence-electron chi connectivity index (χ4n) is 15.8. The van der Waals surface area contributed by atoms with Crippen LogP contribution >= 0.6 is 0 Å². The Hall–Kier alpha value is -2.48. The monoisotopic (exact) mass is 1310 g/mol. The van der Waals surface area contributed by atoms with Crippen molar-refractivity contribution in [2.24, 2.45) is 0 Å². The molecule has 0 spiro atoms. The highest BCUT2D eigenvalue weighted by Crippen LogP contribution is 2.46. The van der Waals surface area contributed by atoms with Crippen LogP contribution in [0.25, 0.3) is 16.9 Å². The second-order valence-corrected chi connectivity index (χ2v) is 31.4. The van der Waals surface area contributed by atoms with Crippen molar-refractivity contribution in [2.45, 2.75) is 497 Å². The topological polar surface area (TPSA) is 25.3 Å². The summed E-state index contributed by atoms with van der Waals surface area (Å²) in [6.45, 7) is 14.0. The smallest absolute Gasteiger partial charge is 0.211 e. The molecule has 548 valence electrons. The number of benzene rings is 2. The summed E-state index contributed by atoms with van der Waals surface area (Å²) in [5, 5.41) is 0. The van der Waals surface area contributed by atoms with Crippen LogP contribution < -0.4 is 0 Å². The fourth-order valence-corrected chi connectivity index (χ4v) is 15.8. The quantitative estimate of drug-likeness (QED) is 0.0466. The van der Waals surface area contributed by atoms with Gasteiger partial charge in [-0.15, -0.1) is 0 Å². The van der Waals surface area contributed by atoms with E-state index in [1.165, 1.54) is 462 Å². The number of allylic oxidation sites excluding steroid dienone is 2. The van der Waals surface area contributed by atoms with E-state index >= 15 is 0 Å². The van der Waals surface area contributed by atoms with Crippen molar-refractivity contribution >= 4 is 11.4 Å². The van der Waals surface area contributed by atoms with Crippen LogP contribution in [0.2, 0.25) is 0 Å². The van der Waals surface area contributed by atoms with Crippen molar-refractivity contribution in [3.8, 4) is 0 Å². The molecule has 0 aromatic heterocycles. The number of nitrogens with zero attached hydrogens (tertiary/aromatic N) is 2. The highest BCUT2D eigenvalue weighted by molar-refractivity contribution is 5.82. The van der Waals surface area contributed by atoms with Crippen LogP contribution in [0.1, 0.15) is 505 Å². The van der Waals surface area contributed by atoms with Gasteiger partial charge in [-0.2, -0.15) is 0 Å². The van der Waals surface area contributed by atoms with Gasteiger partial charge in [0.1, 0.15) is 0 Å². The first kappa shape index (κ1) is 86.7. The van der Waals surface area contributed by atoms with E-state index in [1.54, 1.807) is 4.70 Å². The summed E-state index contributed by atoms with van der Waals surface area (Å²) in [5.41, 5.74) is 26.7. The molecule has 0 aliphatic carbocycles. The molecule has 1 aliphatic heterocycles. The zero-order valence-corrected chi connectivity index (χ0v) is 65.6. The van der Waals surface area contributed by atoms with E-state index in [1.807, 2.05) is 0 Å². The summed E-state index contributed by atoms with van der Waals surface area (Å²) in [6.07, 6.45) is 97.6. The van der Waals surface area contributed by atoms with E-state index in [0.29, 0.717) is 0 Å². The Morgan fingerprint density at radius 1 is 0.179 bits per heavy atom. The van der Waals surface area contributed by atoms with E-state index in [0.717, 1.165) is 49.9 Å². The molecule has 95 heavy (non-hydrogen) atoms. The molecule has 0 bridgehead atoms. The molecule has 0 fully saturated rings. The average molecular weight is 1310 g/mol. The summed E-state index contributed by atoms with van der Waals surface area (Å²) in [4.78, 5) is 0. The number of hydrogen-bond acceptors (Lipinski definition) is 0. The average Bonchev–Trinajstić information content (AvgIpc) is 1.61. The van der Waals surface area contributed by atoms with Crippen LogP contribution in [0.4, 0.5) is 0 Å². The third-order valence-corrected chi connectivity index (χ3v) is 22.1. The first-order valence-electron chi connectivity index (χ1n) is 44.2. The summed E-state index contributed by atoms with van der Waals surface area (Å²) in [6, 6.07) is 15.1. The van der Waals surface area contributed by atoms with Gasteiger partial charge in [0.25, 0.3) is 0 Å². The summed E-state index contributed by atoms with van der Waals surface area (Å²) in [7, 11) is 0. The summed E-state index contributed by atoms with van der Waals surface area (Å²) >= 11 is 0. The van der Waals surface area contributed by atoms with Crippen molar-refractivity contribution < 1.29 is 4.70 Å². The standard InChI is InChI=1S/C93H166N2/c1-7-13-19-22-25-27-29-31-33-35-37-39-41-43-45-47-49-51-53-55-57-59-61-63-65-69-74-86-78-84(72-17-11-5)80-88(82-86)92-90(76-68-16-10-4)91(77-71-67-24-21-15-9-3)93(95(92)94)89-81-85(73-18-12-6)79-87(83-89)75-70-66-64-62-60-58-56-54-52-50-48-46-44-42-40-38-36-34-32-30-28-26-23-20-14-8-2/h78-83H,7-77H2,1-6H3. The molecule has 0 unspecified atom stereocenters. The fraction of sp³-hybridized carbons (Fsp3) is 0.828. The van der Waals surface area contributed by atoms with Crippen LogP contribution in [-0.2, 0) is 25.7 Å². The van der Waals surface area contributed by atoms with Crippen LogP contribution in [0.3, 0.4) is 0 Å².